The number of rotatable bonds is 6. The summed E-state index contributed by atoms with van der Waals surface area (Å²) in [5, 5.41) is 30.4. The van der Waals surface area contributed by atoms with E-state index in [-0.39, 0.29) is 6.61 Å². The molecule has 0 spiro atoms. The second-order valence-corrected chi connectivity index (χ2v) is 4.72. The van der Waals surface area contributed by atoms with Gasteiger partial charge in [-0.2, -0.15) is 5.26 Å². The zero-order valence-electron chi connectivity index (χ0n) is 11.5. The number of aliphatic hydroxyl groups excluding tert-OH is 1. The first-order valence-corrected chi connectivity index (χ1v) is 6.80. The Morgan fingerprint density at radius 1 is 1.35 bits per heavy atom. The molecule has 0 aliphatic rings. The van der Waals surface area contributed by atoms with Crippen LogP contribution in [0, 0.1) is 17.2 Å². The molecule has 0 aliphatic heterocycles. The first kappa shape index (κ1) is 14.2. The number of hydrogen-bond donors (Lipinski definition) is 2. The van der Waals surface area contributed by atoms with Crippen molar-refractivity contribution < 1.29 is 5.11 Å². The fourth-order valence-electron chi connectivity index (χ4n) is 2.19. The summed E-state index contributed by atoms with van der Waals surface area (Å²) in [7, 11) is 0. The lowest BCUT2D eigenvalue weighted by Gasteiger charge is -2.16. The molecule has 1 aromatic heterocycles. The van der Waals surface area contributed by atoms with E-state index in [0.717, 1.165) is 29.4 Å². The van der Waals surface area contributed by atoms with Crippen LogP contribution in [0.15, 0.2) is 24.3 Å². The van der Waals surface area contributed by atoms with Crippen molar-refractivity contribution in [1.82, 2.24) is 10.2 Å². The first-order valence-electron chi connectivity index (χ1n) is 6.80. The van der Waals surface area contributed by atoms with Crippen LogP contribution >= 0.6 is 0 Å². The van der Waals surface area contributed by atoms with Crippen molar-refractivity contribution in [3.63, 3.8) is 0 Å². The van der Waals surface area contributed by atoms with E-state index in [0.29, 0.717) is 18.2 Å². The van der Waals surface area contributed by atoms with Crippen molar-refractivity contribution in [3.8, 4) is 6.07 Å². The predicted octanol–water partition coefficient (Wildman–Crippen LogP) is 2.32. The number of nitrogens with one attached hydrogen (secondary N) is 1. The molecule has 2 N–H and O–H groups in total. The van der Waals surface area contributed by atoms with E-state index in [1.165, 1.54) is 0 Å². The van der Waals surface area contributed by atoms with Crippen molar-refractivity contribution in [2.24, 2.45) is 5.92 Å². The summed E-state index contributed by atoms with van der Waals surface area (Å²) in [6.07, 6.45) is 1.73. The SMILES string of the molecule is CCC(CCO)CNc1c(C#N)nnc2ccccc12. The second kappa shape index (κ2) is 6.83. The number of nitrogens with zero attached hydrogens (tertiary/aromatic N) is 3. The summed E-state index contributed by atoms with van der Waals surface area (Å²) in [6.45, 7) is 2.98. The number of aliphatic hydroxyl groups is 1. The van der Waals surface area contributed by atoms with Gasteiger partial charge in [-0.05, 0) is 18.4 Å². The van der Waals surface area contributed by atoms with Gasteiger partial charge >= 0.3 is 0 Å². The van der Waals surface area contributed by atoms with E-state index in [2.05, 4.69) is 28.5 Å². The lowest BCUT2D eigenvalue weighted by atomic mass is 10.0. The van der Waals surface area contributed by atoms with Gasteiger partial charge in [-0.15, -0.1) is 10.2 Å². The zero-order valence-corrected chi connectivity index (χ0v) is 11.5. The van der Waals surface area contributed by atoms with Crippen molar-refractivity contribution in [1.29, 1.82) is 5.26 Å². The van der Waals surface area contributed by atoms with Gasteiger partial charge in [0.2, 0.25) is 0 Å². The van der Waals surface area contributed by atoms with Crippen LogP contribution < -0.4 is 5.32 Å². The summed E-state index contributed by atoms with van der Waals surface area (Å²) in [5.41, 5.74) is 1.81. The highest BCUT2D eigenvalue weighted by molar-refractivity contribution is 5.92. The van der Waals surface area contributed by atoms with Gasteiger partial charge in [-0.1, -0.05) is 31.5 Å². The molecular weight excluding hydrogens is 252 g/mol. The molecule has 0 radical (unpaired) electrons. The highest BCUT2D eigenvalue weighted by Gasteiger charge is 2.12. The van der Waals surface area contributed by atoms with Gasteiger partial charge in [0, 0.05) is 18.5 Å². The van der Waals surface area contributed by atoms with Crippen LogP contribution in [0.4, 0.5) is 5.69 Å². The molecule has 0 saturated heterocycles. The number of nitriles is 1. The van der Waals surface area contributed by atoms with E-state index in [4.69, 9.17) is 5.11 Å². The highest BCUT2D eigenvalue weighted by Crippen LogP contribution is 2.24. The third kappa shape index (κ3) is 3.03. The minimum Gasteiger partial charge on any atom is -0.396 e. The molecule has 104 valence electrons. The summed E-state index contributed by atoms with van der Waals surface area (Å²) < 4.78 is 0. The molecule has 1 heterocycles. The van der Waals surface area contributed by atoms with E-state index in [1.807, 2.05) is 24.3 Å². The van der Waals surface area contributed by atoms with Crippen LogP contribution in [-0.4, -0.2) is 28.5 Å². The van der Waals surface area contributed by atoms with E-state index < -0.39 is 0 Å². The molecule has 1 atom stereocenters. The maximum absolute atomic E-state index is 9.17. The van der Waals surface area contributed by atoms with Gasteiger partial charge in [0.1, 0.15) is 6.07 Å². The highest BCUT2D eigenvalue weighted by atomic mass is 16.3. The Labute approximate surface area is 118 Å². The molecule has 0 amide bonds. The molecule has 1 aromatic carbocycles. The average molecular weight is 270 g/mol. The number of hydrogen-bond acceptors (Lipinski definition) is 5. The molecule has 2 rings (SSSR count). The number of fused-ring (bicyclic) bond motifs is 1. The summed E-state index contributed by atoms with van der Waals surface area (Å²) in [4.78, 5) is 0. The number of benzene rings is 1. The van der Waals surface area contributed by atoms with Crippen LogP contribution in [0.3, 0.4) is 0 Å². The Morgan fingerprint density at radius 3 is 2.85 bits per heavy atom. The van der Waals surface area contributed by atoms with Gasteiger partial charge in [0.05, 0.1) is 11.2 Å². The monoisotopic (exact) mass is 270 g/mol. The van der Waals surface area contributed by atoms with E-state index in [9.17, 15) is 5.26 Å². The summed E-state index contributed by atoms with van der Waals surface area (Å²) >= 11 is 0. The second-order valence-electron chi connectivity index (χ2n) is 4.72. The van der Waals surface area contributed by atoms with Crippen LogP contribution in [-0.2, 0) is 0 Å². The minimum absolute atomic E-state index is 0.181. The largest absolute Gasteiger partial charge is 0.396 e. The molecule has 2 aromatic rings. The number of anilines is 1. The van der Waals surface area contributed by atoms with Gasteiger partial charge < -0.3 is 10.4 Å². The van der Waals surface area contributed by atoms with Crippen molar-refractivity contribution in [2.75, 3.05) is 18.5 Å². The molecule has 20 heavy (non-hydrogen) atoms. The van der Waals surface area contributed by atoms with Gasteiger partial charge in [-0.3, -0.25) is 0 Å². The van der Waals surface area contributed by atoms with Gasteiger partial charge in [-0.25, -0.2) is 0 Å². The Kier molecular flexibility index (Phi) is 4.85. The lowest BCUT2D eigenvalue weighted by Crippen LogP contribution is -2.16. The standard InChI is InChI=1S/C15H18N4O/c1-2-11(7-8-20)10-17-15-12-5-3-4-6-13(12)18-19-14(15)9-16/h3-6,11,20H,2,7-8,10H2,1H3,(H,17,18). The smallest absolute Gasteiger partial charge is 0.186 e. The van der Waals surface area contributed by atoms with Gasteiger partial charge in [0.15, 0.2) is 5.69 Å². The predicted molar refractivity (Wildman–Crippen MR) is 78.2 cm³/mol. The fraction of sp³-hybridized carbons (Fsp3) is 0.400. The molecular formula is C15H18N4O. The maximum atomic E-state index is 9.17. The molecule has 5 nitrogen and oxygen atoms in total. The Hall–Kier alpha value is -2.19. The topological polar surface area (TPSA) is 81.8 Å². The average Bonchev–Trinajstić information content (AvgIpc) is 2.51. The molecule has 0 saturated carbocycles. The Bertz CT molecular complexity index is 621. The first-order chi connectivity index (χ1) is 9.80. The Morgan fingerprint density at radius 2 is 2.15 bits per heavy atom. The quantitative estimate of drug-likeness (QED) is 0.841. The van der Waals surface area contributed by atoms with Crippen molar-refractivity contribution in [2.45, 2.75) is 19.8 Å². The molecule has 1 unspecified atom stereocenters. The van der Waals surface area contributed by atoms with Crippen LogP contribution in [0.1, 0.15) is 25.5 Å². The van der Waals surface area contributed by atoms with Crippen molar-refractivity contribution >= 4 is 16.6 Å². The molecule has 0 bridgehead atoms. The van der Waals surface area contributed by atoms with Gasteiger partial charge in [0.25, 0.3) is 0 Å². The maximum Gasteiger partial charge on any atom is 0.186 e. The third-order valence-corrected chi connectivity index (χ3v) is 3.46. The van der Waals surface area contributed by atoms with E-state index >= 15 is 0 Å². The Balaban J connectivity index is 2.30. The number of aromatic nitrogens is 2. The van der Waals surface area contributed by atoms with Crippen LogP contribution in [0.25, 0.3) is 10.9 Å². The molecule has 5 heteroatoms. The lowest BCUT2D eigenvalue weighted by molar-refractivity contribution is 0.258. The zero-order chi connectivity index (χ0) is 14.4. The molecule has 0 fully saturated rings. The van der Waals surface area contributed by atoms with Crippen LogP contribution in [0.2, 0.25) is 0 Å². The summed E-state index contributed by atoms with van der Waals surface area (Å²) in [5.74, 6) is 0.374. The third-order valence-electron chi connectivity index (χ3n) is 3.46. The summed E-state index contributed by atoms with van der Waals surface area (Å²) in [6, 6.07) is 9.70. The minimum atomic E-state index is 0.181. The fourth-order valence-corrected chi connectivity index (χ4v) is 2.19. The molecule has 0 aliphatic carbocycles. The van der Waals surface area contributed by atoms with Crippen LogP contribution in [0.5, 0.6) is 0 Å². The normalized spacial score (nSPS) is 12.1. The van der Waals surface area contributed by atoms with Crippen molar-refractivity contribution in [3.05, 3.63) is 30.0 Å². The van der Waals surface area contributed by atoms with E-state index in [1.54, 1.807) is 0 Å².